The SMILES string of the molecule is COc1cnc(CN)c(C(F)F)c1Br. The van der Waals surface area contributed by atoms with Crippen LogP contribution < -0.4 is 10.5 Å². The number of halogens is 3. The fraction of sp³-hybridized carbons (Fsp3) is 0.375. The summed E-state index contributed by atoms with van der Waals surface area (Å²) in [5, 5.41) is 0. The minimum Gasteiger partial charge on any atom is -0.494 e. The number of methoxy groups -OCH3 is 1. The maximum absolute atomic E-state index is 12.6. The van der Waals surface area contributed by atoms with Gasteiger partial charge in [-0.25, -0.2) is 8.78 Å². The van der Waals surface area contributed by atoms with Crippen molar-refractivity contribution < 1.29 is 13.5 Å². The quantitative estimate of drug-likeness (QED) is 0.913. The van der Waals surface area contributed by atoms with Gasteiger partial charge in [-0.3, -0.25) is 4.98 Å². The third-order valence-corrected chi connectivity index (χ3v) is 2.55. The van der Waals surface area contributed by atoms with Crippen LogP contribution >= 0.6 is 15.9 Å². The van der Waals surface area contributed by atoms with Gasteiger partial charge in [-0.1, -0.05) is 0 Å². The molecule has 0 fully saturated rings. The van der Waals surface area contributed by atoms with Crippen LogP contribution in [0.1, 0.15) is 17.7 Å². The monoisotopic (exact) mass is 266 g/mol. The summed E-state index contributed by atoms with van der Waals surface area (Å²) in [6.45, 7) is -0.0255. The molecule has 78 valence electrons. The molecule has 0 aliphatic heterocycles. The molecule has 0 spiro atoms. The molecule has 14 heavy (non-hydrogen) atoms. The van der Waals surface area contributed by atoms with E-state index in [1.807, 2.05) is 0 Å². The second-order valence-electron chi connectivity index (χ2n) is 2.51. The van der Waals surface area contributed by atoms with E-state index in [1.165, 1.54) is 13.3 Å². The number of aromatic nitrogens is 1. The highest BCUT2D eigenvalue weighted by Crippen LogP contribution is 2.35. The van der Waals surface area contributed by atoms with Crippen LogP contribution in [0.2, 0.25) is 0 Å². The summed E-state index contributed by atoms with van der Waals surface area (Å²) in [4.78, 5) is 3.79. The zero-order chi connectivity index (χ0) is 10.7. The summed E-state index contributed by atoms with van der Waals surface area (Å²) in [5.74, 6) is 0.275. The van der Waals surface area contributed by atoms with Crippen LogP contribution in [0.25, 0.3) is 0 Å². The minimum absolute atomic E-state index is 0.0255. The Morgan fingerprint density at radius 1 is 1.64 bits per heavy atom. The zero-order valence-corrected chi connectivity index (χ0v) is 9.01. The van der Waals surface area contributed by atoms with Gasteiger partial charge in [-0.15, -0.1) is 0 Å². The molecule has 0 aliphatic rings. The van der Waals surface area contributed by atoms with Crippen LogP contribution in [0.4, 0.5) is 8.78 Å². The van der Waals surface area contributed by atoms with E-state index < -0.39 is 6.43 Å². The molecule has 0 unspecified atom stereocenters. The van der Waals surface area contributed by atoms with E-state index in [0.29, 0.717) is 0 Å². The van der Waals surface area contributed by atoms with Gasteiger partial charge in [-0.2, -0.15) is 0 Å². The highest BCUT2D eigenvalue weighted by atomic mass is 79.9. The van der Waals surface area contributed by atoms with E-state index in [1.54, 1.807) is 0 Å². The summed E-state index contributed by atoms with van der Waals surface area (Å²) in [5.41, 5.74) is 5.26. The van der Waals surface area contributed by atoms with Gasteiger partial charge in [-0.05, 0) is 15.9 Å². The van der Waals surface area contributed by atoms with Gasteiger partial charge in [0.05, 0.1) is 29.0 Å². The lowest BCUT2D eigenvalue weighted by molar-refractivity contribution is 0.148. The lowest BCUT2D eigenvalue weighted by Gasteiger charge is -2.11. The summed E-state index contributed by atoms with van der Waals surface area (Å²) >= 11 is 3.03. The first-order chi connectivity index (χ1) is 6.61. The van der Waals surface area contributed by atoms with Gasteiger partial charge in [0.2, 0.25) is 0 Å². The Bertz CT molecular complexity index is 333. The Morgan fingerprint density at radius 2 is 2.29 bits per heavy atom. The molecule has 6 heteroatoms. The second kappa shape index (κ2) is 4.65. The maximum Gasteiger partial charge on any atom is 0.266 e. The van der Waals surface area contributed by atoms with Gasteiger partial charge < -0.3 is 10.5 Å². The van der Waals surface area contributed by atoms with Crippen LogP contribution in [-0.2, 0) is 6.54 Å². The molecule has 1 heterocycles. The van der Waals surface area contributed by atoms with Crippen molar-refractivity contribution in [2.75, 3.05) is 7.11 Å². The van der Waals surface area contributed by atoms with E-state index in [4.69, 9.17) is 10.5 Å². The van der Waals surface area contributed by atoms with Crippen LogP contribution in [0, 0.1) is 0 Å². The number of alkyl halides is 2. The minimum atomic E-state index is -2.62. The smallest absolute Gasteiger partial charge is 0.266 e. The molecule has 0 aromatic carbocycles. The number of hydrogen-bond acceptors (Lipinski definition) is 3. The first-order valence-electron chi connectivity index (χ1n) is 3.81. The van der Waals surface area contributed by atoms with E-state index in [9.17, 15) is 8.78 Å². The molecule has 0 bridgehead atoms. The van der Waals surface area contributed by atoms with Gasteiger partial charge in [0.25, 0.3) is 6.43 Å². The van der Waals surface area contributed by atoms with E-state index in [-0.39, 0.29) is 28.0 Å². The highest BCUT2D eigenvalue weighted by Gasteiger charge is 2.20. The van der Waals surface area contributed by atoms with Crippen molar-refractivity contribution >= 4 is 15.9 Å². The summed E-state index contributed by atoms with van der Waals surface area (Å²) in [7, 11) is 1.39. The molecule has 1 aromatic heterocycles. The van der Waals surface area contributed by atoms with Crippen molar-refractivity contribution in [1.82, 2.24) is 4.98 Å². The Kier molecular flexibility index (Phi) is 3.77. The molecule has 0 radical (unpaired) electrons. The standard InChI is InChI=1S/C8H9BrF2N2O/c1-14-5-3-13-4(2-12)6(7(5)9)8(10)11/h3,8H,2,12H2,1H3. The van der Waals surface area contributed by atoms with Crippen molar-refractivity contribution in [2.24, 2.45) is 5.73 Å². The number of hydrogen-bond donors (Lipinski definition) is 1. The Hall–Kier alpha value is -0.750. The van der Waals surface area contributed by atoms with E-state index in [2.05, 4.69) is 20.9 Å². The summed E-state index contributed by atoms with van der Waals surface area (Å²) in [6, 6.07) is 0. The molecule has 0 atom stereocenters. The fourth-order valence-corrected chi connectivity index (χ4v) is 1.72. The predicted molar refractivity (Wildman–Crippen MR) is 51.3 cm³/mol. The average molecular weight is 267 g/mol. The molecule has 0 saturated heterocycles. The number of nitrogens with two attached hydrogens (primary N) is 1. The molecule has 2 N–H and O–H groups in total. The van der Waals surface area contributed by atoms with Gasteiger partial charge >= 0.3 is 0 Å². The largest absolute Gasteiger partial charge is 0.494 e. The zero-order valence-electron chi connectivity index (χ0n) is 7.43. The molecule has 0 saturated carbocycles. The van der Waals surface area contributed by atoms with Crippen molar-refractivity contribution in [3.05, 3.63) is 21.9 Å². The molecular weight excluding hydrogens is 258 g/mol. The lowest BCUT2D eigenvalue weighted by atomic mass is 10.2. The van der Waals surface area contributed by atoms with Gasteiger partial charge in [0.15, 0.2) is 5.75 Å². The third-order valence-electron chi connectivity index (χ3n) is 1.73. The van der Waals surface area contributed by atoms with Crippen LogP contribution in [-0.4, -0.2) is 12.1 Å². The second-order valence-corrected chi connectivity index (χ2v) is 3.30. The average Bonchev–Trinajstić information content (AvgIpc) is 2.16. The van der Waals surface area contributed by atoms with Crippen LogP contribution in [0.3, 0.4) is 0 Å². The van der Waals surface area contributed by atoms with Crippen molar-refractivity contribution in [2.45, 2.75) is 13.0 Å². The Labute approximate surface area is 88.4 Å². The summed E-state index contributed by atoms with van der Waals surface area (Å²) in [6.07, 6.45) is -1.26. The van der Waals surface area contributed by atoms with E-state index >= 15 is 0 Å². The topological polar surface area (TPSA) is 48.1 Å². The van der Waals surface area contributed by atoms with Crippen LogP contribution in [0.15, 0.2) is 10.7 Å². The van der Waals surface area contributed by atoms with E-state index in [0.717, 1.165) is 0 Å². The highest BCUT2D eigenvalue weighted by molar-refractivity contribution is 9.10. The Morgan fingerprint density at radius 3 is 2.71 bits per heavy atom. The Balaban J connectivity index is 3.31. The van der Waals surface area contributed by atoms with Crippen molar-refractivity contribution in [1.29, 1.82) is 0 Å². The molecule has 0 amide bonds. The molecular formula is C8H9BrF2N2O. The fourth-order valence-electron chi connectivity index (χ4n) is 1.05. The lowest BCUT2D eigenvalue weighted by Crippen LogP contribution is -2.06. The molecule has 3 nitrogen and oxygen atoms in total. The number of rotatable bonds is 3. The number of pyridine rings is 1. The normalized spacial score (nSPS) is 10.7. The first kappa shape index (κ1) is 11.3. The van der Waals surface area contributed by atoms with Crippen molar-refractivity contribution in [3.8, 4) is 5.75 Å². The number of ether oxygens (including phenoxy) is 1. The third kappa shape index (κ3) is 2.01. The molecule has 1 rings (SSSR count). The summed E-state index contributed by atoms with van der Waals surface area (Å²) < 4.78 is 30.3. The molecule has 1 aromatic rings. The predicted octanol–water partition coefficient (Wildman–Crippen LogP) is 2.25. The number of nitrogens with zero attached hydrogens (tertiary/aromatic N) is 1. The van der Waals surface area contributed by atoms with Crippen LogP contribution in [0.5, 0.6) is 5.75 Å². The maximum atomic E-state index is 12.6. The van der Waals surface area contributed by atoms with Gasteiger partial charge in [0.1, 0.15) is 0 Å². The van der Waals surface area contributed by atoms with Gasteiger partial charge in [0, 0.05) is 6.54 Å². The van der Waals surface area contributed by atoms with Crippen molar-refractivity contribution in [3.63, 3.8) is 0 Å². The first-order valence-corrected chi connectivity index (χ1v) is 4.60. The molecule has 0 aliphatic carbocycles.